The normalized spacial score (nSPS) is 13.0. The van der Waals surface area contributed by atoms with E-state index in [4.69, 9.17) is 13.9 Å². The highest BCUT2D eigenvalue weighted by molar-refractivity contribution is 9.10. The maximum atomic E-state index is 12.0. The monoisotopic (exact) mass is 351 g/mol. The Balaban J connectivity index is 1.65. The highest BCUT2D eigenvalue weighted by Gasteiger charge is 2.16. The summed E-state index contributed by atoms with van der Waals surface area (Å²) in [5.74, 6) is 2.03. The number of nitrogens with one attached hydrogen (secondary N) is 1. The zero-order valence-corrected chi connectivity index (χ0v) is 12.8. The molecule has 3 rings (SSSR count). The summed E-state index contributed by atoms with van der Waals surface area (Å²) >= 11 is 3.46. The highest BCUT2D eigenvalue weighted by Crippen LogP contribution is 2.35. The summed E-state index contributed by atoms with van der Waals surface area (Å²) in [6, 6.07) is 7.29. The van der Waals surface area contributed by atoms with Gasteiger partial charge < -0.3 is 19.2 Å². The highest BCUT2D eigenvalue weighted by atomic mass is 79.9. The zero-order valence-electron chi connectivity index (χ0n) is 11.2. The summed E-state index contributed by atoms with van der Waals surface area (Å²) in [5, 5.41) is 2.82. The minimum absolute atomic E-state index is 0.0798. The Morgan fingerprint density at radius 3 is 2.71 bits per heavy atom. The third-order valence-corrected chi connectivity index (χ3v) is 3.84. The fourth-order valence-corrected chi connectivity index (χ4v) is 2.54. The fourth-order valence-electron chi connectivity index (χ4n) is 2.08. The van der Waals surface area contributed by atoms with Crippen LogP contribution < -0.4 is 14.8 Å². The van der Waals surface area contributed by atoms with Gasteiger partial charge in [0, 0.05) is 4.47 Å². The van der Waals surface area contributed by atoms with Crippen LogP contribution in [0.5, 0.6) is 11.5 Å². The van der Waals surface area contributed by atoms with Gasteiger partial charge in [-0.05, 0) is 29.8 Å². The van der Waals surface area contributed by atoms with Crippen LogP contribution >= 0.6 is 15.9 Å². The predicted molar refractivity (Wildman–Crippen MR) is 79.4 cm³/mol. The topological polar surface area (TPSA) is 60.7 Å². The fraction of sp³-hybridized carbons (Fsp3) is 0.267. The molecule has 0 fully saturated rings. The van der Waals surface area contributed by atoms with Gasteiger partial charge in [-0.1, -0.05) is 15.9 Å². The molecule has 110 valence electrons. The number of hydrogen-bond donors (Lipinski definition) is 1. The maximum Gasteiger partial charge on any atom is 0.224 e. The number of rotatable bonds is 4. The van der Waals surface area contributed by atoms with Crippen molar-refractivity contribution in [1.82, 2.24) is 5.32 Å². The third kappa shape index (κ3) is 3.39. The average molecular weight is 352 g/mol. The molecule has 0 saturated heterocycles. The Morgan fingerprint density at radius 1 is 1.24 bits per heavy atom. The lowest BCUT2D eigenvalue weighted by atomic mass is 10.1. The number of fused-ring (bicyclic) bond motifs is 1. The lowest BCUT2D eigenvalue weighted by Gasteiger charge is -2.19. The van der Waals surface area contributed by atoms with Gasteiger partial charge in [-0.25, -0.2) is 0 Å². The van der Waals surface area contributed by atoms with Gasteiger partial charge in [0.2, 0.25) is 5.91 Å². The van der Waals surface area contributed by atoms with Crippen LogP contribution in [-0.2, 0) is 17.8 Å². The van der Waals surface area contributed by atoms with Crippen molar-refractivity contribution in [2.75, 3.05) is 13.2 Å². The molecule has 5 nitrogen and oxygen atoms in total. The predicted octanol–water partition coefficient (Wildman–Crippen LogP) is 2.67. The van der Waals surface area contributed by atoms with Crippen molar-refractivity contribution in [1.29, 1.82) is 0 Å². The quantitative estimate of drug-likeness (QED) is 0.919. The number of hydrogen-bond acceptors (Lipinski definition) is 4. The number of halogens is 1. The first-order chi connectivity index (χ1) is 10.2. The minimum atomic E-state index is -0.0798. The van der Waals surface area contributed by atoms with Crippen LogP contribution in [0.1, 0.15) is 11.3 Å². The van der Waals surface area contributed by atoms with Gasteiger partial charge in [-0.3, -0.25) is 4.79 Å². The number of furan rings is 1. The summed E-state index contributed by atoms with van der Waals surface area (Å²) < 4.78 is 17.0. The minimum Gasteiger partial charge on any atom is -0.486 e. The molecular formula is C15H14BrNO4. The first-order valence-corrected chi connectivity index (χ1v) is 7.39. The van der Waals surface area contributed by atoms with Crippen LogP contribution in [0.4, 0.5) is 0 Å². The van der Waals surface area contributed by atoms with E-state index in [0.29, 0.717) is 31.3 Å². The molecule has 0 saturated carbocycles. The van der Waals surface area contributed by atoms with Gasteiger partial charge in [0.25, 0.3) is 0 Å². The second-order valence-corrected chi connectivity index (χ2v) is 5.47. The zero-order chi connectivity index (χ0) is 14.7. The Morgan fingerprint density at radius 2 is 2.00 bits per heavy atom. The van der Waals surface area contributed by atoms with Crippen molar-refractivity contribution in [2.24, 2.45) is 0 Å². The number of benzene rings is 1. The molecule has 6 heteroatoms. The van der Waals surface area contributed by atoms with Crippen LogP contribution in [-0.4, -0.2) is 19.1 Å². The smallest absolute Gasteiger partial charge is 0.224 e. The SMILES string of the molecule is O=C(Cc1cc2c(cc1Br)OCCO2)NCc1ccco1. The van der Waals surface area contributed by atoms with E-state index in [-0.39, 0.29) is 12.3 Å². The molecule has 0 spiro atoms. The molecule has 0 aliphatic carbocycles. The molecule has 0 atom stereocenters. The molecule has 0 radical (unpaired) electrons. The van der Waals surface area contributed by atoms with Crippen LogP contribution in [0.15, 0.2) is 39.4 Å². The second kappa shape index (κ2) is 6.22. The van der Waals surface area contributed by atoms with E-state index in [1.807, 2.05) is 18.2 Å². The molecule has 0 unspecified atom stereocenters. The number of carbonyl (C=O) groups excluding carboxylic acids is 1. The molecular weight excluding hydrogens is 338 g/mol. The molecule has 1 aliphatic rings. The molecule has 2 aromatic rings. The summed E-state index contributed by atoms with van der Waals surface area (Å²) in [7, 11) is 0. The van der Waals surface area contributed by atoms with E-state index in [1.54, 1.807) is 12.3 Å². The van der Waals surface area contributed by atoms with E-state index in [2.05, 4.69) is 21.2 Å². The van der Waals surface area contributed by atoms with Crippen LogP contribution in [0, 0.1) is 0 Å². The Bertz CT molecular complexity index is 639. The number of amides is 1. The molecule has 1 N–H and O–H groups in total. The standard InChI is InChI=1S/C15H14BrNO4/c16-12-8-14-13(20-4-5-21-14)6-10(12)7-15(18)17-9-11-2-1-3-19-11/h1-3,6,8H,4-5,7,9H2,(H,17,18). The van der Waals surface area contributed by atoms with Crippen molar-refractivity contribution >= 4 is 21.8 Å². The first kappa shape index (κ1) is 14.0. The van der Waals surface area contributed by atoms with Crippen LogP contribution in [0.25, 0.3) is 0 Å². The second-order valence-electron chi connectivity index (χ2n) is 4.62. The Kier molecular flexibility index (Phi) is 4.15. The van der Waals surface area contributed by atoms with Crippen molar-refractivity contribution in [3.63, 3.8) is 0 Å². The lowest BCUT2D eigenvalue weighted by Crippen LogP contribution is -2.24. The van der Waals surface area contributed by atoms with E-state index in [9.17, 15) is 4.79 Å². The Hall–Kier alpha value is -1.95. The van der Waals surface area contributed by atoms with Crippen molar-refractivity contribution in [3.05, 3.63) is 46.3 Å². The number of carbonyl (C=O) groups is 1. The molecule has 1 aromatic heterocycles. The van der Waals surface area contributed by atoms with E-state index >= 15 is 0 Å². The van der Waals surface area contributed by atoms with Gasteiger partial charge in [-0.2, -0.15) is 0 Å². The average Bonchev–Trinajstić information content (AvgIpc) is 2.99. The van der Waals surface area contributed by atoms with Crippen molar-refractivity contribution in [3.8, 4) is 11.5 Å². The number of ether oxygens (including phenoxy) is 2. The summed E-state index contributed by atoms with van der Waals surface area (Å²) in [6.45, 7) is 1.45. The third-order valence-electron chi connectivity index (χ3n) is 3.10. The first-order valence-electron chi connectivity index (χ1n) is 6.59. The lowest BCUT2D eigenvalue weighted by molar-refractivity contribution is -0.120. The largest absolute Gasteiger partial charge is 0.486 e. The van der Waals surface area contributed by atoms with E-state index in [1.165, 1.54) is 0 Å². The molecule has 1 amide bonds. The van der Waals surface area contributed by atoms with Gasteiger partial charge in [0.15, 0.2) is 11.5 Å². The van der Waals surface area contributed by atoms with Crippen LogP contribution in [0.2, 0.25) is 0 Å². The molecule has 1 aromatic carbocycles. The van der Waals surface area contributed by atoms with Gasteiger partial charge in [0.05, 0.1) is 19.2 Å². The maximum absolute atomic E-state index is 12.0. The molecule has 21 heavy (non-hydrogen) atoms. The van der Waals surface area contributed by atoms with Crippen molar-refractivity contribution in [2.45, 2.75) is 13.0 Å². The van der Waals surface area contributed by atoms with Crippen molar-refractivity contribution < 1.29 is 18.7 Å². The van der Waals surface area contributed by atoms with Gasteiger partial charge in [0.1, 0.15) is 19.0 Å². The van der Waals surface area contributed by atoms with Crippen LogP contribution in [0.3, 0.4) is 0 Å². The summed E-state index contributed by atoms with van der Waals surface area (Å²) in [4.78, 5) is 12.0. The summed E-state index contributed by atoms with van der Waals surface area (Å²) in [6.07, 6.45) is 1.84. The van der Waals surface area contributed by atoms with Gasteiger partial charge >= 0.3 is 0 Å². The van der Waals surface area contributed by atoms with E-state index < -0.39 is 0 Å². The summed E-state index contributed by atoms with van der Waals surface area (Å²) in [5.41, 5.74) is 0.858. The van der Waals surface area contributed by atoms with Gasteiger partial charge in [-0.15, -0.1) is 0 Å². The Labute approximate surface area is 130 Å². The molecule has 1 aliphatic heterocycles. The molecule has 0 bridgehead atoms. The molecule has 2 heterocycles. The van der Waals surface area contributed by atoms with E-state index in [0.717, 1.165) is 15.8 Å².